The molecule has 0 aliphatic rings. The topological polar surface area (TPSA) is 41.9 Å². The minimum atomic E-state index is -0.434. The molecule has 1 aromatic heterocycles. The van der Waals surface area contributed by atoms with Gasteiger partial charge in [0, 0.05) is 25.7 Å². The first-order valence-electron chi connectivity index (χ1n) is 11.2. The number of hydrogen-bond acceptors (Lipinski definition) is 3. The van der Waals surface area contributed by atoms with Crippen molar-refractivity contribution in [1.29, 1.82) is 0 Å². The van der Waals surface area contributed by atoms with Crippen LogP contribution >= 0.6 is 24.2 Å². The highest BCUT2D eigenvalue weighted by atomic mass is 32.2. The Kier molecular flexibility index (Phi) is 8.17. The van der Waals surface area contributed by atoms with Crippen molar-refractivity contribution in [3.63, 3.8) is 0 Å². The van der Waals surface area contributed by atoms with Crippen LogP contribution in [0.25, 0.3) is 0 Å². The van der Waals surface area contributed by atoms with Crippen molar-refractivity contribution in [1.82, 2.24) is 19.6 Å². The molecule has 4 rings (SSSR count). The van der Waals surface area contributed by atoms with E-state index in [2.05, 4.69) is 123 Å². The summed E-state index contributed by atoms with van der Waals surface area (Å²) < 4.78 is 1.69. The van der Waals surface area contributed by atoms with Gasteiger partial charge in [0.25, 0.3) is 0 Å². The molecule has 0 fully saturated rings. The Labute approximate surface area is 211 Å². The van der Waals surface area contributed by atoms with E-state index >= 15 is 0 Å². The van der Waals surface area contributed by atoms with Gasteiger partial charge in [0.2, 0.25) is 0 Å². The third-order valence-electron chi connectivity index (χ3n) is 5.47. The Bertz CT molecular complexity index is 1090. The molecule has 34 heavy (non-hydrogen) atoms. The molecule has 0 saturated heterocycles. The Hall–Kier alpha value is -3.35. The minimum Gasteiger partial charge on any atom is -0.362 e. The molecule has 0 atom stereocenters. The van der Waals surface area contributed by atoms with E-state index in [1.165, 1.54) is 16.7 Å². The molecule has 172 valence electrons. The second-order valence-corrected chi connectivity index (χ2v) is 9.40. The third kappa shape index (κ3) is 5.58. The zero-order chi connectivity index (χ0) is 23.6. The average Bonchev–Trinajstić information content (AvgIpc) is 3.34. The standard InChI is InChI=1S/C28H28N4S2/c1-2-19-29-27(33)30-20-18-26-21-32(22-31-26)34-28(23-12-6-3-7-13-23,24-14-8-4-9-15-24)25-16-10-5-11-17-25/h2-17,21-22H,1,18-20H2,(H2,29,30,33). The second kappa shape index (κ2) is 11.7. The van der Waals surface area contributed by atoms with Crippen molar-refractivity contribution in [3.05, 3.63) is 139 Å². The van der Waals surface area contributed by atoms with Crippen LogP contribution < -0.4 is 10.6 Å². The van der Waals surface area contributed by atoms with E-state index < -0.39 is 4.75 Å². The first-order valence-corrected chi connectivity index (χ1v) is 12.4. The molecular formula is C28H28N4S2. The third-order valence-corrected chi connectivity index (χ3v) is 7.15. The summed E-state index contributed by atoms with van der Waals surface area (Å²) >= 11 is 7.03. The number of thiocarbonyl (C=S) groups is 1. The molecule has 0 radical (unpaired) electrons. The zero-order valence-electron chi connectivity index (χ0n) is 18.9. The molecule has 1 heterocycles. The van der Waals surface area contributed by atoms with Gasteiger partial charge in [-0.25, -0.2) is 4.98 Å². The van der Waals surface area contributed by atoms with Gasteiger partial charge >= 0.3 is 0 Å². The van der Waals surface area contributed by atoms with Gasteiger partial charge < -0.3 is 10.6 Å². The van der Waals surface area contributed by atoms with Crippen molar-refractivity contribution < 1.29 is 0 Å². The first kappa shape index (κ1) is 23.8. The number of nitrogens with one attached hydrogen (secondary N) is 2. The Morgan fingerprint density at radius 3 is 1.91 bits per heavy atom. The normalized spacial score (nSPS) is 11.1. The lowest BCUT2D eigenvalue weighted by Gasteiger charge is -2.35. The maximum Gasteiger partial charge on any atom is 0.166 e. The number of hydrogen-bond donors (Lipinski definition) is 2. The zero-order valence-corrected chi connectivity index (χ0v) is 20.6. The highest BCUT2D eigenvalue weighted by Gasteiger charge is 2.38. The molecule has 0 spiro atoms. The number of benzene rings is 3. The van der Waals surface area contributed by atoms with Crippen molar-refractivity contribution in [2.45, 2.75) is 11.2 Å². The number of rotatable bonds is 10. The molecule has 4 aromatic rings. The van der Waals surface area contributed by atoms with Gasteiger partial charge in [0.05, 0.1) is 5.69 Å². The fourth-order valence-electron chi connectivity index (χ4n) is 3.89. The molecule has 4 nitrogen and oxygen atoms in total. The Morgan fingerprint density at radius 1 is 0.882 bits per heavy atom. The van der Waals surface area contributed by atoms with Crippen LogP contribution in [0, 0.1) is 0 Å². The molecule has 0 unspecified atom stereocenters. The largest absolute Gasteiger partial charge is 0.362 e. The summed E-state index contributed by atoms with van der Waals surface area (Å²) in [5.41, 5.74) is 4.66. The van der Waals surface area contributed by atoms with Gasteiger partial charge in [0.15, 0.2) is 5.11 Å². The molecule has 0 saturated carbocycles. The number of nitrogens with zero attached hydrogens (tertiary/aromatic N) is 2. The predicted octanol–water partition coefficient (Wildman–Crippen LogP) is 5.56. The fraction of sp³-hybridized carbons (Fsp3) is 0.143. The quantitative estimate of drug-likeness (QED) is 0.175. The molecule has 0 aliphatic carbocycles. The van der Waals surface area contributed by atoms with Crippen LogP contribution in [0.1, 0.15) is 22.4 Å². The molecule has 0 bridgehead atoms. The van der Waals surface area contributed by atoms with E-state index in [-0.39, 0.29) is 0 Å². The van der Waals surface area contributed by atoms with E-state index in [1.54, 1.807) is 18.0 Å². The molecule has 3 aromatic carbocycles. The molecular weight excluding hydrogens is 456 g/mol. The van der Waals surface area contributed by atoms with E-state index in [1.807, 2.05) is 6.33 Å². The number of aromatic nitrogens is 2. The summed E-state index contributed by atoms with van der Waals surface area (Å²) in [4.78, 5) is 4.66. The van der Waals surface area contributed by atoms with E-state index in [0.29, 0.717) is 18.2 Å². The summed E-state index contributed by atoms with van der Waals surface area (Å²) in [6, 6.07) is 32.0. The first-order chi connectivity index (χ1) is 16.7. The Morgan fingerprint density at radius 2 is 1.41 bits per heavy atom. The van der Waals surface area contributed by atoms with E-state index in [0.717, 1.165) is 12.1 Å². The summed E-state index contributed by atoms with van der Waals surface area (Å²) in [7, 11) is 0. The number of imidazole rings is 1. The predicted molar refractivity (Wildman–Crippen MR) is 147 cm³/mol. The van der Waals surface area contributed by atoms with Crippen molar-refractivity contribution in [3.8, 4) is 0 Å². The fourth-order valence-corrected chi connectivity index (χ4v) is 5.38. The molecule has 0 amide bonds. The van der Waals surface area contributed by atoms with Crippen LogP contribution in [0.2, 0.25) is 0 Å². The van der Waals surface area contributed by atoms with Gasteiger partial charge in [-0.15, -0.1) is 6.58 Å². The SMILES string of the molecule is C=CCNC(=S)NCCc1cn(SC(c2ccccc2)(c2ccccc2)c2ccccc2)cn1. The highest BCUT2D eigenvalue weighted by Crippen LogP contribution is 2.48. The lowest BCUT2D eigenvalue weighted by atomic mass is 9.84. The van der Waals surface area contributed by atoms with Crippen molar-refractivity contribution >= 4 is 29.3 Å². The van der Waals surface area contributed by atoms with Crippen LogP contribution in [0.15, 0.2) is 116 Å². The average molecular weight is 485 g/mol. The molecule has 6 heteroatoms. The smallest absolute Gasteiger partial charge is 0.166 e. The summed E-state index contributed by atoms with van der Waals surface area (Å²) in [5, 5.41) is 6.93. The van der Waals surface area contributed by atoms with Crippen LogP contribution in [0.5, 0.6) is 0 Å². The molecule has 0 aliphatic heterocycles. The minimum absolute atomic E-state index is 0.434. The van der Waals surface area contributed by atoms with Crippen molar-refractivity contribution in [2.24, 2.45) is 0 Å². The molecule has 2 N–H and O–H groups in total. The maximum absolute atomic E-state index is 5.27. The lowest BCUT2D eigenvalue weighted by Crippen LogP contribution is -2.36. The second-order valence-electron chi connectivity index (χ2n) is 7.77. The van der Waals surface area contributed by atoms with Crippen molar-refractivity contribution in [2.75, 3.05) is 13.1 Å². The Balaban J connectivity index is 1.64. The van der Waals surface area contributed by atoms with Crippen LogP contribution in [0.4, 0.5) is 0 Å². The summed E-state index contributed by atoms with van der Waals surface area (Å²) in [5.74, 6) is 0. The highest BCUT2D eigenvalue weighted by molar-refractivity contribution is 7.99. The van der Waals surface area contributed by atoms with Crippen LogP contribution in [-0.4, -0.2) is 27.2 Å². The maximum atomic E-state index is 5.27. The van der Waals surface area contributed by atoms with Gasteiger partial charge in [-0.1, -0.05) is 97.1 Å². The monoisotopic (exact) mass is 484 g/mol. The van der Waals surface area contributed by atoms with Gasteiger partial charge in [-0.2, -0.15) is 0 Å². The van der Waals surface area contributed by atoms with Crippen LogP contribution in [0.3, 0.4) is 0 Å². The van der Waals surface area contributed by atoms with Gasteiger partial charge in [-0.3, -0.25) is 3.97 Å². The van der Waals surface area contributed by atoms with E-state index in [9.17, 15) is 0 Å². The lowest BCUT2D eigenvalue weighted by molar-refractivity contribution is 0.826. The van der Waals surface area contributed by atoms with E-state index in [4.69, 9.17) is 12.2 Å². The summed E-state index contributed by atoms with van der Waals surface area (Å²) in [6.45, 7) is 5.06. The summed E-state index contributed by atoms with van der Waals surface area (Å²) in [6.07, 6.45) is 6.57. The van der Waals surface area contributed by atoms with Gasteiger partial charge in [-0.05, 0) is 40.9 Å². The van der Waals surface area contributed by atoms with Crippen LogP contribution in [-0.2, 0) is 11.2 Å². The van der Waals surface area contributed by atoms with Gasteiger partial charge in [0.1, 0.15) is 11.1 Å².